The van der Waals surface area contributed by atoms with Gasteiger partial charge >= 0.3 is 0 Å². The molecule has 1 fully saturated rings. The highest BCUT2D eigenvalue weighted by Gasteiger charge is 2.27. The van der Waals surface area contributed by atoms with E-state index in [0.717, 1.165) is 15.1 Å². The summed E-state index contributed by atoms with van der Waals surface area (Å²) in [5, 5.41) is 8.83. The number of rotatable bonds is 3. The number of nitriles is 1. The summed E-state index contributed by atoms with van der Waals surface area (Å²) in [4.78, 5) is 5.55. The third-order valence-corrected chi connectivity index (χ3v) is 4.29. The normalized spacial score (nSPS) is 14.5. The Morgan fingerprint density at radius 2 is 2.29 bits per heavy atom. The molecule has 0 unspecified atom stereocenters. The smallest absolute Gasteiger partial charge is 0.174 e. The summed E-state index contributed by atoms with van der Waals surface area (Å²) in [6.07, 6.45) is 2.45. The molecule has 0 amide bonds. The second-order valence-electron chi connectivity index (χ2n) is 3.93. The van der Waals surface area contributed by atoms with E-state index in [1.54, 1.807) is 17.8 Å². The molecule has 1 heterocycles. The minimum atomic E-state index is 0.603. The molecular formula is C12H9N3S2. The van der Waals surface area contributed by atoms with Crippen molar-refractivity contribution in [3.8, 4) is 6.07 Å². The van der Waals surface area contributed by atoms with Crippen molar-refractivity contribution in [3.05, 3.63) is 35.7 Å². The molecule has 3 rings (SSSR count). The fourth-order valence-electron chi connectivity index (χ4n) is 1.50. The topological polar surface area (TPSA) is 49.6 Å². The standard InChI is InChI=1S/C12H9N3S2/c13-7-8-2-1-3-10(6-8)16-12-14-11(15-17-12)9-4-5-9/h1-3,6,9H,4-5H2. The van der Waals surface area contributed by atoms with E-state index in [-0.39, 0.29) is 0 Å². The number of nitrogens with zero attached hydrogens (tertiary/aromatic N) is 3. The van der Waals surface area contributed by atoms with Crippen LogP contribution in [-0.4, -0.2) is 9.36 Å². The maximum Gasteiger partial charge on any atom is 0.174 e. The largest absolute Gasteiger partial charge is 0.212 e. The van der Waals surface area contributed by atoms with Crippen LogP contribution in [0.1, 0.15) is 30.1 Å². The lowest BCUT2D eigenvalue weighted by molar-refractivity contribution is 0.958. The van der Waals surface area contributed by atoms with E-state index in [2.05, 4.69) is 15.4 Å². The van der Waals surface area contributed by atoms with Crippen molar-refractivity contribution < 1.29 is 0 Å². The Bertz CT molecular complexity index is 581. The van der Waals surface area contributed by atoms with E-state index >= 15 is 0 Å². The maximum atomic E-state index is 8.83. The van der Waals surface area contributed by atoms with Gasteiger partial charge in [-0.15, -0.1) is 0 Å². The van der Waals surface area contributed by atoms with Crippen LogP contribution in [0.25, 0.3) is 0 Å². The molecule has 0 saturated heterocycles. The van der Waals surface area contributed by atoms with Crippen LogP contribution < -0.4 is 0 Å². The molecule has 3 nitrogen and oxygen atoms in total. The summed E-state index contributed by atoms with van der Waals surface area (Å²) in [5.41, 5.74) is 0.682. The first kappa shape index (κ1) is 10.8. The van der Waals surface area contributed by atoms with Crippen LogP contribution in [0, 0.1) is 11.3 Å². The van der Waals surface area contributed by atoms with E-state index < -0.39 is 0 Å². The molecule has 0 spiro atoms. The highest BCUT2D eigenvalue weighted by atomic mass is 32.2. The van der Waals surface area contributed by atoms with E-state index in [4.69, 9.17) is 5.26 Å². The molecule has 17 heavy (non-hydrogen) atoms. The van der Waals surface area contributed by atoms with Crippen molar-refractivity contribution in [2.24, 2.45) is 0 Å². The number of benzene rings is 1. The van der Waals surface area contributed by atoms with Crippen LogP contribution >= 0.6 is 23.3 Å². The number of hydrogen-bond donors (Lipinski definition) is 0. The fraction of sp³-hybridized carbons (Fsp3) is 0.250. The molecule has 1 aliphatic rings. The van der Waals surface area contributed by atoms with Gasteiger partial charge in [-0.3, -0.25) is 0 Å². The van der Waals surface area contributed by atoms with Crippen molar-refractivity contribution in [2.75, 3.05) is 0 Å². The zero-order valence-corrected chi connectivity index (χ0v) is 10.6. The molecule has 1 aliphatic carbocycles. The monoisotopic (exact) mass is 259 g/mol. The van der Waals surface area contributed by atoms with Crippen molar-refractivity contribution in [1.82, 2.24) is 9.36 Å². The molecule has 0 radical (unpaired) electrons. The molecule has 5 heteroatoms. The number of aromatic nitrogens is 2. The molecule has 0 aliphatic heterocycles. The van der Waals surface area contributed by atoms with Crippen molar-refractivity contribution in [1.29, 1.82) is 5.26 Å². The molecule has 1 saturated carbocycles. The average Bonchev–Trinajstić information content (AvgIpc) is 3.11. The number of hydrogen-bond acceptors (Lipinski definition) is 5. The van der Waals surface area contributed by atoms with Crippen molar-refractivity contribution >= 4 is 23.3 Å². The molecule has 0 N–H and O–H groups in total. The zero-order chi connectivity index (χ0) is 11.7. The molecule has 0 bridgehead atoms. The lowest BCUT2D eigenvalue weighted by atomic mass is 10.2. The van der Waals surface area contributed by atoms with E-state index in [0.29, 0.717) is 11.5 Å². The van der Waals surface area contributed by atoms with Crippen LogP contribution in [0.3, 0.4) is 0 Å². The van der Waals surface area contributed by atoms with Crippen molar-refractivity contribution in [3.63, 3.8) is 0 Å². The summed E-state index contributed by atoms with van der Waals surface area (Å²) >= 11 is 3.02. The molecule has 0 atom stereocenters. The van der Waals surface area contributed by atoms with Gasteiger partial charge in [0.2, 0.25) is 0 Å². The second kappa shape index (κ2) is 4.47. The Hall–Kier alpha value is -1.38. The third-order valence-electron chi connectivity index (χ3n) is 2.53. The second-order valence-corrected chi connectivity index (χ2v) is 6.01. The lowest BCUT2D eigenvalue weighted by Crippen LogP contribution is -1.81. The summed E-state index contributed by atoms with van der Waals surface area (Å²) in [6, 6.07) is 9.71. The first-order chi connectivity index (χ1) is 8.35. The van der Waals surface area contributed by atoms with Crippen LogP contribution in [0.2, 0.25) is 0 Å². The maximum absolute atomic E-state index is 8.83. The average molecular weight is 259 g/mol. The van der Waals surface area contributed by atoms with Gasteiger partial charge in [0.1, 0.15) is 5.82 Å². The van der Waals surface area contributed by atoms with Gasteiger partial charge < -0.3 is 0 Å². The molecule has 2 aromatic rings. The predicted molar refractivity (Wildman–Crippen MR) is 67.2 cm³/mol. The Morgan fingerprint density at radius 3 is 3.06 bits per heavy atom. The van der Waals surface area contributed by atoms with Crippen molar-refractivity contribution in [2.45, 2.75) is 28.0 Å². The van der Waals surface area contributed by atoms with Gasteiger partial charge in [0.15, 0.2) is 4.34 Å². The molecular weight excluding hydrogens is 250 g/mol. The van der Waals surface area contributed by atoms with Gasteiger partial charge in [-0.2, -0.15) is 9.64 Å². The van der Waals surface area contributed by atoms with Crippen LogP contribution in [0.15, 0.2) is 33.5 Å². The molecule has 1 aromatic carbocycles. The van der Waals surface area contributed by atoms with Gasteiger partial charge in [-0.05, 0) is 42.6 Å². The lowest BCUT2D eigenvalue weighted by Gasteiger charge is -1.96. The van der Waals surface area contributed by atoms with Crippen LogP contribution in [0.5, 0.6) is 0 Å². The van der Waals surface area contributed by atoms with Gasteiger partial charge in [0.05, 0.1) is 11.6 Å². The molecule has 84 valence electrons. The third kappa shape index (κ3) is 2.48. The van der Waals surface area contributed by atoms with Gasteiger partial charge in [0.25, 0.3) is 0 Å². The predicted octanol–water partition coefficient (Wildman–Crippen LogP) is 3.44. The summed E-state index contributed by atoms with van der Waals surface area (Å²) < 4.78 is 5.32. The van der Waals surface area contributed by atoms with Crippen LogP contribution in [-0.2, 0) is 0 Å². The van der Waals surface area contributed by atoms with Gasteiger partial charge in [-0.1, -0.05) is 17.8 Å². The molecule has 1 aromatic heterocycles. The minimum Gasteiger partial charge on any atom is -0.212 e. The highest BCUT2D eigenvalue weighted by Crippen LogP contribution is 2.40. The Morgan fingerprint density at radius 1 is 1.41 bits per heavy atom. The quantitative estimate of drug-likeness (QED) is 0.847. The minimum absolute atomic E-state index is 0.603. The highest BCUT2D eigenvalue weighted by molar-refractivity contribution is 8.01. The summed E-state index contributed by atoms with van der Waals surface area (Å²) in [5.74, 6) is 1.60. The van der Waals surface area contributed by atoms with E-state index in [1.807, 2.05) is 18.2 Å². The van der Waals surface area contributed by atoms with Crippen LogP contribution in [0.4, 0.5) is 0 Å². The Kier molecular flexibility index (Phi) is 2.83. The van der Waals surface area contributed by atoms with Gasteiger partial charge in [-0.25, -0.2) is 4.98 Å². The SMILES string of the molecule is N#Cc1cccc(Sc2nc(C3CC3)ns2)c1. The Balaban J connectivity index is 1.78. The first-order valence-electron chi connectivity index (χ1n) is 5.37. The zero-order valence-electron chi connectivity index (χ0n) is 8.96. The fourth-order valence-corrected chi connectivity index (χ4v) is 3.22. The summed E-state index contributed by atoms with van der Waals surface area (Å²) in [6.45, 7) is 0. The first-order valence-corrected chi connectivity index (χ1v) is 6.96. The van der Waals surface area contributed by atoms with Gasteiger partial charge in [0, 0.05) is 10.8 Å². The summed E-state index contributed by atoms with van der Waals surface area (Å²) in [7, 11) is 0. The Labute approximate surface area is 108 Å². The van der Waals surface area contributed by atoms with E-state index in [9.17, 15) is 0 Å². The van der Waals surface area contributed by atoms with E-state index in [1.165, 1.54) is 24.4 Å².